The van der Waals surface area contributed by atoms with Gasteiger partial charge >= 0.3 is 13.6 Å². The Morgan fingerprint density at radius 2 is 1.86 bits per heavy atom. The van der Waals surface area contributed by atoms with Gasteiger partial charge in [-0.1, -0.05) is 0 Å². The number of anilines is 2. The molecule has 1 aliphatic heterocycles. The highest BCUT2D eigenvalue weighted by Gasteiger charge is 2.36. The second-order valence-corrected chi connectivity index (χ2v) is 7.30. The molecule has 0 aliphatic carbocycles. The Labute approximate surface area is 133 Å². The van der Waals surface area contributed by atoms with E-state index in [9.17, 15) is 9.36 Å². The van der Waals surface area contributed by atoms with E-state index in [1.165, 1.54) is 7.11 Å². The van der Waals surface area contributed by atoms with E-state index in [2.05, 4.69) is 14.9 Å². The molecule has 1 heterocycles. The van der Waals surface area contributed by atoms with Crippen LogP contribution in [0.25, 0.3) is 0 Å². The number of ether oxygens (including phenoxy) is 1. The first-order valence-corrected chi connectivity index (χ1v) is 9.03. The third kappa shape index (κ3) is 3.46. The molecule has 6 nitrogen and oxygen atoms in total. The predicted octanol–water partition coefficient (Wildman–Crippen LogP) is 3.20. The first kappa shape index (κ1) is 16.4. The summed E-state index contributed by atoms with van der Waals surface area (Å²) in [7, 11) is -1.73. The van der Waals surface area contributed by atoms with Crippen molar-refractivity contribution in [2.45, 2.75) is 0 Å². The summed E-state index contributed by atoms with van der Waals surface area (Å²) in [5.74, 6) is 0.238. The standard InChI is InChI=1S/C12H16Cl2N3O3P/c1-20-12(18)9-2-3-10-11(8-9)16-21(19,15-10)17(6-4-13)7-5-14/h2-3,8H,4-7H2,1H3,(H2,15,16,19)/t21-/m1/s1. The van der Waals surface area contributed by atoms with Crippen LogP contribution in [0.2, 0.25) is 0 Å². The fourth-order valence-electron chi connectivity index (χ4n) is 2.06. The van der Waals surface area contributed by atoms with Crippen LogP contribution in [-0.2, 0) is 9.30 Å². The molecule has 1 aromatic carbocycles. The molecule has 0 spiro atoms. The lowest BCUT2D eigenvalue weighted by molar-refractivity contribution is 0.0601. The van der Waals surface area contributed by atoms with Gasteiger partial charge in [0.2, 0.25) is 0 Å². The van der Waals surface area contributed by atoms with Crippen molar-refractivity contribution in [1.82, 2.24) is 4.67 Å². The van der Waals surface area contributed by atoms with E-state index in [0.717, 1.165) is 0 Å². The molecule has 1 atom stereocenters. The Morgan fingerprint density at radius 1 is 1.24 bits per heavy atom. The first-order valence-electron chi connectivity index (χ1n) is 6.30. The Bertz CT molecular complexity index is 579. The number of fused-ring (bicyclic) bond motifs is 1. The molecule has 0 aromatic heterocycles. The number of nitrogens with one attached hydrogen (secondary N) is 2. The zero-order valence-corrected chi connectivity index (χ0v) is 13.8. The molecule has 21 heavy (non-hydrogen) atoms. The van der Waals surface area contributed by atoms with Crippen molar-refractivity contribution in [1.29, 1.82) is 0 Å². The van der Waals surface area contributed by atoms with Crippen molar-refractivity contribution in [2.24, 2.45) is 0 Å². The Morgan fingerprint density at radius 3 is 2.43 bits per heavy atom. The summed E-state index contributed by atoms with van der Waals surface area (Å²) in [4.78, 5) is 11.5. The number of carbonyl (C=O) groups is 1. The third-order valence-corrected chi connectivity index (χ3v) is 5.69. The van der Waals surface area contributed by atoms with Gasteiger partial charge in [0.15, 0.2) is 0 Å². The number of hydrogen-bond donors (Lipinski definition) is 2. The smallest absolute Gasteiger partial charge is 0.337 e. The van der Waals surface area contributed by atoms with Gasteiger partial charge in [-0.15, -0.1) is 23.2 Å². The summed E-state index contributed by atoms with van der Waals surface area (Å²) in [5, 5.41) is 5.91. The van der Waals surface area contributed by atoms with Gasteiger partial charge in [-0.25, -0.2) is 9.46 Å². The van der Waals surface area contributed by atoms with Gasteiger partial charge in [0, 0.05) is 24.8 Å². The number of nitrogens with zero attached hydrogens (tertiary/aromatic N) is 1. The molecular weight excluding hydrogens is 336 g/mol. The van der Waals surface area contributed by atoms with E-state index in [-0.39, 0.29) is 0 Å². The average molecular weight is 352 g/mol. The second-order valence-electron chi connectivity index (χ2n) is 4.38. The van der Waals surface area contributed by atoms with Crippen LogP contribution in [-0.4, -0.2) is 42.6 Å². The molecule has 0 radical (unpaired) electrons. The highest BCUT2D eigenvalue weighted by Crippen LogP contribution is 2.56. The fraction of sp³-hybridized carbons (Fsp3) is 0.417. The van der Waals surface area contributed by atoms with Crippen molar-refractivity contribution in [3.63, 3.8) is 0 Å². The summed E-state index contributed by atoms with van der Waals surface area (Å²) in [5.41, 5.74) is 1.65. The van der Waals surface area contributed by atoms with E-state index >= 15 is 0 Å². The molecule has 0 bridgehead atoms. The van der Waals surface area contributed by atoms with E-state index in [4.69, 9.17) is 23.2 Å². The van der Waals surface area contributed by atoms with Crippen LogP contribution < -0.4 is 10.2 Å². The number of benzene rings is 1. The normalized spacial score (nSPS) is 19.8. The maximum Gasteiger partial charge on any atom is 0.337 e. The molecule has 2 N–H and O–H groups in total. The largest absolute Gasteiger partial charge is 0.465 e. The zero-order valence-electron chi connectivity index (χ0n) is 11.4. The van der Waals surface area contributed by atoms with Gasteiger partial charge in [0.1, 0.15) is 0 Å². The summed E-state index contributed by atoms with van der Waals surface area (Å²) in [6.45, 7) is 0.868. The minimum atomic E-state index is -3.04. The van der Waals surface area contributed by atoms with E-state index in [1.807, 2.05) is 0 Å². The lowest BCUT2D eigenvalue weighted by Crippen LogP contribution is -2.29. The molecule has 0 saturated heterocycles. The molecule has 1 aromatic rings. The SMILES string of the molecule is COC(=O)c1ccc2c(c1)N[P@@](=O)(N(CCCl)CCCl)N2. The highest BCUT2D eigenvalue weighted by atomic mass is 35.5. The van der Waals surface area contributed by atoms with Crippen LogP contribution in [0.1, 0.15) is 10.4 Å². The molecule has 0 amide bonds. The molecule has 0 unspecified atom stereocenters. The Kier molecular flexibility index (Phi) is 5.38. The van der Waals surface area contributed by atoms with E-state index < -0.39 is 13.6 Å². The molecule has 116 valence electrons. The van der Waals surface area contributed by atoms with Gasteiger partial charge in [0.05, 0.1) is 24.0 Å². The Hall–Kier alpha value is -0.940. The van der Waals surface area contributed by atoms with E-state index in [0.29, 0.717) is 41.8 Å². The van der Waals surface area contributed by atoms with Gasteiger partial charge in [-0.3, -0.25) is 4.57 Å². The van der Waals surface area contributed by atoms with Crippen molar-refractivity contribution < 1.29 is 14.1 Å². The number of methoxy groups -OCH3 is 1. The number of esters is 1. The molecule has 0 saturated carbocycles. The number of hydrogen-bond acceptors (Lipinski definition) is 3. The van der Waals surface area contributed by atoms with Crippen molar-refractivity contribution in [3.8, 4) is 0 Å². The maximum absolute atomic E-state index is 13.0. The summed E-state index contributed by atoms with van der Waals surface area (Å²) in [6.07, 6.45) is 0. The van der Waals surface area contributed by atoms with Crippen molar-refractivity contribution in [3.05, 3.63) is 23.8 Å². The van der Waals surface area contributed by atoms with Crippen molar-refractivity contribution >= 4 is 48.1 Å². The monoisotopic (exact) mass is 351 g/mol. The highest BCUT2D eigenvalue weighted by molar-refractivity contribution is 7.65. The molecule has 1 aliphatic rings. The summed E-state index contributed by atoms with van der Waals surface area (Å²) in [6, 6.07) is 4.91. The van der Waals surface area contributed by atoms with Crippen LogP contribution in [0.3, 0.4) is 0 Å². The minimum absolute atomic E-state index is 0.341. The number of carbonyl (C=O) groups excluding carboxylic acids is 1. The van der Waals surface area contributed by atoms with Gasteiger partial charge in [-0.2, -0.15) is 0 Å². The lowest BCUT2D eigenvalue weighted by atomic mass is 10.2. The minimum Gasteiger partial charge on any atom is -0.465 e. The van der Waals surface area contributed by atoms with Gasteiger partial charge in [0.25, 0.3) is 0 Å². The van der Waals surface area contributed by atoms with Crippen LogP contribution in [0.5, 0.6) is 0 Å². The predicted molar refractivity (Wildman–Crippen MR) is 85.6 cm³/mol. The fourth-order valence-corrected chi connectivity index (χ4v) is 4.84. The second kappa shape index (κ2) is 6.88. The van der Waals surface area contributed by atoms with E-state index in [1.54, 1.807) is 22.9 Å². The zero-order chi connectivity index (χ0) is 15.5. The molecular formula is C12H16Cl2N3O3P. The topological polar surface area (TPSA) is 70.7 Å². The average Bonchev–Trinajstić information content (AvgIpc) is 2.82. The lowest BCUT2D eigenvalue weighted by Gasteiger charge is -2.27. The summed E-state index contributed by atoms with van der Waals surface area (Å²) >= 11 is 11.5. The van der Waals surface area contributed by atoms with Crippen LogP contribution in [0.4, 0.5) is 11.4 Å². The quantitative estimate of drug-likeness (QED) is 0.466. The molecule has 9 heteroatoms. The van der Waals surface area contributed by atoms with Crippen LogP contribution in [0.15, 0.2) is 18.2 Å². The molecule has 0 fully saturated rings. The Balaban J connectivity index is 2.24. The van der Waals surface area contributed by atoms with Crippen molar-refractivity contribution in [2.75, 3.05) is 42.1 Å². The van der Waals surface area contributed by atoms with Gasteiger partial charge < -0.3 is 14.9 Å². The van der Waals surface area contributed by atoms with Gasteiger partial charge in [-0.05, 0) is 18.2 Å². The van der Waals surface area contributed by atoms with Crippen LogP contribution >= 0.6 is 30.8 Å². The summed E-state index contributed by atoms with van der Waals surface area (Å²) < 4.78 is 19.3. The number of halogens is 2. The maximum atomic E-state index is 13.0. The van der Waals surface area contributed by atoms with Crippen LogP contribution in [0, 0.1) is 0 Å². The number of alkyl halides is 2. The third-order valence-electron chi connectivity index (χ3n) is 3.07. The molecule has 2 rings (SSSR count). The first-order chi connectivity index (χ1) is 10.0. The number of rotatable bonds is 6.